The average Bonchev–Trinajstić information content (AvgIpc) is 2.53. The van der Waals surface area contributed by atoms with E-state index in [4.69, 9.17) is 9.47 Å². The van der Waals surface area contributed by atoms with Crippen molar-refractivity contribution in [1.82, 2.24) is 5.32 Å². The molecule has 0 aliphatic heterocycles. The van der Waals surface area contributed by atoms with Crippen molar-refractivity contribution in [3.8, 4) is 11.5 Å². The van der Waals surface area contributed by atoms with Gasteiger partial charge in [-0.1, -0.05) is 26.2 Å². The van der Waals surface area contributed by atoms with Crippen LogP contribution in [0.4, 0.5) is 0 Å². The van der Waals surface area contributed by atoms with Crippen molar-refractivity contribution in [3.63, 3.8) is 0 Å². The first-order chi connectivity index (χ1) is 10.2. The molecule has 3 heteroatoms. The van der Waals surface area contributed by atoms with Crippen LogP contribution < -0.4 is 14.8 Å². The highest BCUT2D eigenvalue weighted by atomic mass is 16.5. The normalized spacial score (nSPS) is 17.5. The zero-order chi connectivity index (χ0) is 15.2. The van der Waals surface area contributed by atoms with Gasteiger partial charge in [0.05, 0.1) is 14.2 Å². The highest BCUT2D eigenvalue weighted by Gasteiger charge is 2.26. The number of methoxy groups -OCH3 is 2. The Labute approximate surface area is 129 Å². The lowest BCUT2D eigenvalue weighted by molar-refractivity contribution is 0.272. The SMILES string of the molecule is CCNC(c1cc(OC)c(OC)cc1C)C1CCCCC1. The maximum atomic E-state index is 5.49. The first kappa shape index (κ1) is 16.2. The predicted octanol–water partition coefficient (Wildman–Crippen LogP) is 4.24. The molecule has 1 N–H and O–H groups in total. The Morgan fingerprint density at radius 2 is 1.71 bits per heavy atom. The minimum absolute atomic E-state index is 0.426. The van der Waals surface area contributed by atoms with Gasteiger partial charge in [0.2, 0.25) is 0 Å². The van der Waals surface area contributed by atoms with Crippen LogP contribution in [0, 0.1) is 12.8 Å². The average molecular weight is 291 g/mol. The molecule has 1 atom stereocenters. The molecular weight excluding hydrogens is 262 g/mol. The van der Waals surface area contributed by atoms with E-state index >= 15 is 0 Å². The molecule has 0 spiro atoms. The van der Waals surface area contributed by atoms with Gasteiger partial charge in [-0.2, -0.15) is 0 Å². The summed E-state index contributed by atoms with van der Waals surface area (Å²) in [6, 6.07) is 4.69. The summed E-state index contributed by atoms with van der Waals surface area (Å²) in [7, 11) is 3.40. The Morgan fingerprint density at radius 3 is 2.29 bits per heavy atom. The van der Waals surface area contributed by atoms with Crippen LogP contribution in [0.25, 0.3) is 0 Å². The number of ether oxygens (including phenoxy) is 2. The van der Waals surface area contributed by atoms with Crippen LogP contribution >= 0.6 is 0 Å². The molecule has 3 nitrogen and oxygen atoms in total. The van der Waals surface area contributed by atoms with Gasteiger partial charge in [0.15, 0.2) is 11.5 Å². The van der Waals surface area contributed by atoms with Crippen LogP contribution in [-0.4, -0.2) is 20.8 Å². The minimum atomic E-state index is 0.426. The van der Waals surface area contributed by atoms with Gasteiger partial charge in [-0.05, 0) is 55.5 Å². The molecule has 0 amide bonds. The van der Waals surface area contributed by atoms with Crippen molar-refractivity contribution in [3.05, 3.63) is 23.3 Å². The third-order valence-corrected chi connectivity index (χ3v) is 4.65. The molecule has 2 rings (SSSR count). The van der Waals surface area contributed by atoms with Gasteiger partial charge in [-0.3, -0.25) is 0 Å². The maximum absolute atomic E-state index is 5.49. The number of rotatable bonds is 6. The first-order valence-electron chi connectivity index (χ1n) is 8.17. The minimum Gasteiger partial charge on any atom is -0.493 e. The van der Waals surface area contributed by atoms with Gasteiger partial charge in [0.1, 0.15) is 0 Å². The molecule has 0 heterocycles. The fourth-order valence-electron chi connectivity index (χ4n) is 3.55. The third kappa shape index (κ3) is 3.70. The Morgan fingerprint density at radius 1 is 1.10 bits per heavy atom. The third-order valence-electron chi connectivity index (χ3n) is 4.65. The smallest absolute Gasteiger partial charge is 0.161 e. The van der Waals surface area contributed by atoms with Crippen LogP contribution in [0.1, 0.15) is 56.2 Å². The summed E-state index contributed by atoms with van der Waals surface area (Å²) in [5, 5.41) is 3.70. The standard InChI is InChI=1S/C18H29NO2/c1-5-19-18(14-9-7-6-8-10-14)15-12-17(21-4)16(20-3)11-13(15)2/h11-12,14,18-19H,5-10H2,1-4H3. The molecule has 1 aliphatic carbocycles. The summed E-state index contributed by atoms with van der Waals surface area (Å²) in [6.45, 7) is 5.35. The Kier molecular flexibility index (Phi) is 5.92. The molecule has 1 saturated carbocycles. The summed E-state index contributed by atoms with van der Waals surface area (Å²) in [5.41, 5.74) is 2.64. The maximum Gasteiger partial charge on any atom is 0.161 e. The van der Waals surface area contributed by atoms with E-state index in [2.05, 4.69) is 31.3 Å². The summed E-state index contributed by atoms with van der Waals surface area (Å²) >= 11 is 0. The van der Waals surface area contributed by atoms with Crippen LogP contribution in [0.2, 0.25) is 0 Å². The van der Waals surface area contributed by atoms with Gasteiger partial charge < -0.3 is 14.8 Å². The summed E-state index contributed by atoms with van der Waals surface area (Å²) in [6.07, 6.45) is 6.76. The highest BCUT2D eigenvalue weighted by Crippen LogP contribution is 2.39. The van der Waals surface area contributed by atoms with E-state index < -0.39 is 0 Å². The number of hydrogen-bond donors (Lipinski definition) is 1. The van der Waals surface area contributed by atoms with Crippen LogP contribution in [0.5, 0.6) is 11.5 Å². The van der Waals surface area contributed by atoms with E-state index in [-0.39, 0.29) is 0 Å². The van der Waals surface area contributed by atoms with Gasteiger partial charge >= 0.3 is 0 Å². The van der Waals surface area contributed by atoms with Crippen LogP contribution in [-0.2, 0) is 0 Å². The molecule has 21 heavy (non-hydrogen) atoms. The number of benzene rings is 1. The Hall–Kier alpha value is -1.22. The number of nitrogens with one attached hydrogen (secondary N) is 1. The van der Waals surface area contributed by atoms with E-state index in [9.17, 15) is 0 Å². The van der Waals surface area contributed by atoms with Crippen molar-refractivity contribution < 1.29 is 9.47 Å². The molecule has 1 aromatic rings. The molecule has 0 bridgehead atoms. The lowest BCUT2D eigenvalue weighted by atomic mass is 9.80. The van der Waals surface area contributed by atoms with Crippen LogP contribution in [0.3, 0.4) is 0 Å². The fraction of sp³-hybridized carbons (Fsp3) is 0.667. The van der Waals surface area contributed by atoms with E-state index in [0.717, 1.165) is 24.0 Å². The largest absolute Gasteiger partial charge is 0.493 e. The zero-order valence-corrected chi connectivity index (χ0v) is 13.9. The monoisotopic (exact) mass is 291 g/mol. The van der Waals surface area contributed by atoms with E-state index in [0.29, 0.717) is 6.04 Å². The van der Waals surface area contributed by atoms with Crippen molar-refractivity contribution in [2.24, 2.45) is 5.92 Å². The topological polar surface area (TPSA) is 30.5 Å². The summed E-state index contributed by atoms with van der Waals surface area (Å²) in [4.78, 5) is 0. The van der Waals surface area contributed by atoms with Crippen molar-refractivity contribution in [2.75, 3.05) is 20.8 Å². The lowest BCUT2D eigenvalue weighted by Crippen LogP contribution is -2.30. The molecule has 1 unspecified atom stereocenters. The van der Waals surface area contributed by atoms with Gasteiger partial charge in [-0.25, -0.2) is 0 Å². The zero-order valence-electron chi connectivity index (χ0n) is 13.9. The molecule has 0 aromatic heterocycles. The molecule has 1 fully saturated rings. The Balaban J connectivity index is 2.34. The lowest BCUT2D eigenvalue weighted by Gasteiger charge is -2.32. The van der Waals surface area contributed by atoms with E-state index in [1.54, 1.807) is 14.2 Å². The number of hydrogen-bond acceptors (Lipinski definition) is 3. The van der Waals surface area contributed by atoms with Crippen LogP contribution in [0.15, 0.2) is 12.1 Å². The van der Waals surface area contributed by atoms with E-state index in [1.807, 2.05) is 0 Å². The highest BCUT2D eigenvalue weighted by molar-refractivity contribution is 5.48. The summed E-state index contributed by atoms with van der Waals surface area (Å²) in [5.74, 6) is 2.38. The van der Waals surface area contributed by atoms with Crippen molar-refractivity contribution in [1.29, 1.82) is 0 Å². The molecule has 1 aromatic carbocycles. The quantitative estimate of drug-likeness (QED) is 0.850. The molecular formula is C18H29NO2. The number of aryl methyl sites for hydroxylation is 1. The first-order valence-corrected chi connectivity index (χ1v) is 8.17. The Bertz CT molecular complexity index is 453. The van der Waals surface area contributed by atoms with Gasteiger partial charge in [0, 0.05) is 6.04 Å². The molecule has 0 radical (unpaired) electrons. The molecule has 118 valence electrons. The van der Waals surface area contributed by atoms with Gasteiger partial charge in [-0.15, -0.1) is 0 Å². The summed E-state index contributed by atoms with van der Waals surface area (Å²) < 4.78 is 10.9. The van der Waals surface area contributed by atoms with Crippen molar-refractivity contribution >= 4 is 0 Å². The predicted molar refractivity (Wildman–Crippen MR) is 87.3 cm³/mol. The molecule has 0 saturated heterocycles. The second-order valence-corrected chi connectivity index (χ2v) is 6.00. The molecule has 1 aliphatic rings. The van der Waals surface area contributed by atoms with Crippen molar-refractivity contribution in [2.45, 2.75) is 52.0 Å². The second-order valence-electron chi connectivity index (χ2n) is 6.00. The second kappa shape index (κ2) is 7.69. The van der Waals surface area contributed by atoms with Gasteiger partial charge in [0.25, 0.3) is 0 Å². The van der Waals surface area contributed by atoms with E-state index in [1.165, 1.54) is 43.2 Å². The fourth-order valence-corrected chi connectivity index (χ4v) is 3.55.